The van der Waals surface area contributed by atoms with Gasteiger partial charge in [0.25, 0.3) is 0 Å². The zero-order valence-corrected chi connectivity index (χ0v) is 13.0. The zero-order chi connectivity index (χ0) is 15.9. The summed E-state index contributed by atoms with van der Waals surface area (Å²) in [7, 11) is 1.67. The molecule has 3 rings (SSSR count). The fourth-order valence-corrected chi connectivity index (χ4v) is 2.26. The molecule has 0 aromatic heterocycles. The Hall–Kier alpha value is -2.94. The first-order chi connectivity index (χ1) is 11.3. The number of nitrogens with one attached hydrogen (secondary N) is 1. The highest BCUT2D eigenvalue weighted by Gasteiger charge is 2.00. The molecule has 0 heterocycles. The first-order valence-corrected chi connectivity index (χ1v) is 7.53. The fraction of sp³-hybridized carbons (Fsp3) is 0.100. The van der Waals surface area contributed by atoms with Crippen molar-refractivity contribution >= 4 is 5.69 Å². The van der Waals surface area contributed by atoms with Gasteiger partial charge < -0.3 is 14.8 Å². The van der Waals surface area contributed by atoms with Gasteiger partial charge in [0.2, 0.25) is 0 Å². The van der Waals surface area contributed by atoms with E-state index in [0.29, 0.717) is 0 Å². The second-order valence-electron chi connectivity index (χ2n) is 5.14. The van der Waals surface area contributed by atoms with Gasteiger partial charge in [0.15, 0.2) is 0 Å². The van der Waals surface area contributed by atoms with Crippen molar-refractivity contribution in [3.05, 3.63) is 84.4 Å². The van der Waals surface area contributed by atoms with Gasteiger partial charge in [-0.3, -0.25) is 0 Å². The van der Waals surface area contributed by atoms with Crippen LogP contribution in [0.4, 0.5) is 5.69 Å². The van der Waals surface area contributed by atoms with Crippen LogP contribution >= 0.6 is 0 Å². The van der Waals surface area contributed by atoms with Gasteiger partial charge in [-0.25, -0.2) is 0 Å². The molecule has 116 valence electrons. The maximum atomic E-state index is 5.86. The summed E-state index contributed by atoms with van der Waals surface area (Å²) >= 11 is 0. The van der Waals surface area contributed by atoms with E-state index in [1.807, 2.05) is 72.8 Å². The number of ether oxygens (including phenoxy) is 2. The molecule has 3 aromatic carbocycles. The summed E-state index contributed by atoms with van der Waals surface area (Å²) in [6.45, 7) is 0.734. The second kappa shape index (κ2) is 7.36. The fourth-order valence-electron chi connectivity index (χ4n) is 2.26. The number of methoxy groups -OCH3 is 1. The third-order valence-corrected chi connectivity index (χ3v) is 3.46. The van der Waals surface area contributed by atoms with E-state index in [0.717, 1.165) is 35.0 Å². The highest BCUT2D eigenvalue weighted by atomic mass is 16.5. The predicted molar refractivity (Wildman–Crippen MR) is 93.3 cm³/mol. The standard InChI is InChI=1S/C20H19NO2/c1-22-18-12-10-17(11-13-18)21-15-16-6-5-9-20(14-16)23-19-7-3-2-4-8-19/h2-14,21H,15H2,1H3. The lowest BCUT2D eigenvalue weighted by atomic mass is 10.2. The summed E-state index contributed by atoms with van der Waals surface area (Å²) in [6, 6.07) is 25.8. The molecule has 3 heteroatoms. The van der Waals surface area contributed by atoms with Crippen molar-refractivity contribution in [2.45, 2.75) is 6.54 Å². The van der Waals surface area contributed by atoms with Crippen LogP contribution in [0, 0.1) is 0 Å². The third-order valence-electron chi connectivity index (χ3n) is 3.46. The zero-order valence-electron chi connectivity index (χ0n) is 13.0. The van der Waals surface area contributed by atoms with E-state index in [4.69, 9.17) is 9.47 Å². The maximum Gasteiger partial charge on any atom is 0.127 e. The maximum absolute atomic E-state index is 5.86. The van der Waals surface area contributed by atoms with E-state index in [9.17, 15) is 0 Å². The minimum atomic E-state index is 0.734. The van der Waals surface area contributed by atoms with Crippen LogP contribution in [0.2, 0.25) is 0 Å². The van der Waals surface area contributed by atoms with Crippen LogP contribution in [0.3, 0.4) is 0 Å². The smallest absolute Gasteiger partial charge is 0.127 e. The Morgan fingerprint density at radius 3 is 2.22 bits per heavy atom. The Labute approximate surface area is 136 Å². The summed E-state index contributed by atoms with van der Waals surface area (Å²) in [6.07, 6.45) is 0. The largest absolute Gasteiger partial charge is 0.497 e. The topological polar surface area (TPSA) is 30.5 Å². The van der Waals surface area contributed by atoms with Gasteiger partial charge >= 0.3 is 0 Å². The first kappa shape index (κ1) is 15.0. The molecule has 0 fully saturated rings. The molecule has 0 atom stereocenters. The normalized spacial score (nSPS) is 10.1. The van der Waals surface area contributed by atoms with Gasteiger partial charge in [0.1, 0.15) is 17.2 Å². The number of hydrogen-bond acceptors (Lipinski definition) is 3. The van der Waals surface area contributed by atoms with Gasteiger partial charge in [0, 0.05) is 12.2 Å². The van der Waals surface area contributed by atoms with E-state index in [2.05, 4.69) is 11.4 Å². The highest BCUT2D eigenvalue weighted by Crippen LogP contribution is 2.22. The Balaban J connectivity index is 1.63. The van der Waals surface area contributed by atoms with Crippen molar-refractivity contribution in [3.63, 3.8) is 0 Å². The molecule has 0 spiro atoms. The molecule has 3 nitrogen and oxygen atoms in total. The van der Waals surface area contributed by atoms with Crippen LogP contribution in [0.15, 0.2) is 78.9 Å². The average molecular weight is 305 g/mol. The predicted octanol–water partition coefficient (Wildman–Crippen LogP) is 5.10. The molecule has 0 amide bonds. The Morgan fingerprint density at radius 2 is 1.48 bits per heavy atom. The van der Waals surface area contributed by atoms with E-state index >= 15 is 0 Å². The molecule has 0 aliphatic heterocycles. The Morgan fingerprint density at radius 1 is 0.739 bits per heavy atom. The van der Waals surface area contributed by atoms with Gasteiger partial charge in [-0.15, -0.1) is 0 Å². The summed E-state index contributed by atoms with van der Waals surface area (Å²) in [5.41, 5.74) is 2.22. The van der Waals surface area contributed by atoms with E-state index in [1.54, 1.807) is 7.11 Å². The van der Waals surface area contributed by atoms with Crippen molar-refractivity contribution in [2.75, 3.05) is 12.4 Å². The minimum Gasteiger partial charge on any atom is -0.497 e. The van der Waals surface area contributed by atoms with Crippen LogP contribution in [-0.4, -0.2) is 7.11 Å². The summed E-state index contributed by atoms with van der Waals surface area (Å²) in [5.74, 6) is 2.53. The van der Waals surface area contributed by atoms with E-state index in [1.165, 1.54) is 0 Å². The van der Waals surface area contributed by atoms with Crippen molar-refractivity contribution < 1.29 is 9.47 Å². The molecular weight excluding hydrogens is 286 g/mol. The molecule has 3 aromatic rings. The first-order valence-electron chi connectivity index (χ1n) is 7.53. The lowest BCUT2D eigenvalue weighted by molar-refractivity contribution is 0.415. The molecule has 23 heavy (non-hydrogen) atoms. The molecule has 0 saturated heterocycles. The highest BCUT2D eigenvalue weighted by molar-refractivity contribution is 5.47. The minimum absolute atomic E-state index is 0.734. The molecular formula is C20H19NO2. The lowest BCUT2D eigenvalue weighted by Gasteiger charge is -2.10. The van der Waals surface area contributed by atoms with E-state index in [-0.39, 0.29) is 0 Å². The van der Waals surface area contributed by atoms with Crippen LogP contribution in [0.25, 0.3) is 0 Å². The molecule has 0 bridgehead atoms. The van der Waals surface area contributed by atoms with Crippen LogP contribution in [0.1, 0.15) is 5.56 Å². The van der Waals surface area contributed by atoms with Gasteiger partial charge in [-0.2, -0.15) is 0 Å². The molecule has 0 aliphatic carbocycles. The van der Waals surface area contributed by atoms with Crippen LogP contribution in [-0.2, 0) is 6.54 Å². The number of rotatable bonds is 6. The van der Waals surface area contributed by atoms with Gasteiger partial charge in [0.05, 0.1) is 7.11 Å². The third kappa shape index (κ3) is 4.27. The lowest BCUT2D eigenvalue weighted by Crippen LogP contribution is -1.99. The monoisotopic (exact) mass is 305 g/mol. The Kier molecular flexibility index (Phi) is 4.79. The number of benzene rings is 3. The van der Waals surface area contributed by atoms with Crippen LogP contribution in [0.5, 0.6) is 17.2 Å². The average Bonchev–Trinajstić information content (AvgIpc) is 2.62. The van der Waals surface area contributed by atoms with Crippen molar-refractivity contribution in [1.82, 2.24) is 0 Å². The number of hydrogen-bond donors (Lipinski definition) is 1. The van der Waals surface area contributed by atoms with Crippen molar-refractivity contribution in [2.24, 2.45) is 0 Å². The van der Waals surface area contributed by atoms with Crippen molar-refractivity contribution in [3.8, 4) is 17.2 Å². The summed E-state index contributed by atoms with van der Waals surface area (Å²) in [4.78, 5) is 0. The van der Waals surface area contributed by atoms with Gasteiger partial charge in [-0.05, 0) is 54.1 Å². The number of para-hydroxylation sites is 1. The molecule has 0 aliphatic rings. The molecule has 1 N–H and O–H groups in total. The van der Waals surface area contributed by atoms with E-state index < -0.39 is 0 Å². The van der Waals surface area contributed by atoms with Crippen LogP contribution < -0.4 is 14.8 Å². The number of anilines is 1. The molecule has 0 radical (unpaired) electrons. The molecule has 0 saturated carbocycles. The summed E-state index contributed by atoms with van der Waals surface area (Å²) < 4.78 is 11.0. The quantitative estimate of drug-likeness (QED) is 0.687. The second-order valence-corrected chi connectivity index (χ2v) is 5.14. The molecule has 0 unspecified atom stereocenters. The van der Waals surface area contributed by atoms with Crippen molar-refractivity contribution in [1.29, 1.82) is 0 Å². The summed E-state index contributed by atoms with van der Waals surface area (Å²) in [5, 5.41) is 3.39. The SMILES string of the molecule is COc1ccc(NCc2cccc(Oc3ccccc3)c2)cc1. The van der Waals surface area contributed by atoms with Gasteiger partial charge in [-0.1, -0.05) is 30.3 Å². The Bertz CT molecular complexity index is 739.